The van der Waals surface area contributed by atoms with Gasteiger partial charge in [0.25, 0.3) is 0 Å². The summed E-state index contributed by atoms with van der Waals surface area (Å²) in [5.74, 6) is 0.737. The Kier molecular flexibility index (Phi) is 7.88. The summed E-state index contributed by atoms with van der Waals surface area (Å²) in [7, 11) is 0. The zero-order valence-electron chi connectivity index (χ0n) is 11.4. The molecular formula is C16H24N2. The molecule has 0 N–H and O–H groups in total. The minimum atomic E-state index is 0.710. The highest BCUT2D eigenvalue weighted by Crippen LogP contribution is 2.21. The number of rotatable bonds is 9. The first-order valence-corrected chi connectivity index (χ1v) is 7.12. The second kappa shape index (κ2) is 9.65. The van der Waals surface area contributed by atoms with Gasteiger partial charge >= 0.3 is 0 Å². The number of hydrogen-bond donors (Lipinski definition) is 0. The molecule has 1 aromatic rings. The Morgan fingerprint density at radius 3 is 2.78 bits per heavy atom. The molecule has 0 bridgehead atoms. The Morgan fingerprint density at radius 1 is 1.28 bits per heavy atom. The Morgan fingerprint density at radius 2 is 2.11 bits per heavy atom. The molecule has 1 rings (SSSR count). The Hall–Kier alpha value is -1.36. The maximum Gasteiger partial charge on any atom is 0.0621 e. The monoisotopic (exact) mass is 244 g/mol. The van der Waals surface area contributed by atoms with Crippen LogP contribution in [0.5, 0.6) is 0 Å². The average Bonchev–Trinajstić information content (AvgIpc) is 2.42. The molecule has 2 nitrogen and oxygen atoms in total. The van der Waals surface area contributed by atoms with Crippen LogP contribution in [0, 0.1) is 17.2 Å². The second-order valence-electron chi connectivity index (χ2n) is 4.96. The number of nitriles is 1. The fourth-order valence-electron chi connectivity index (χ4n) is 2.34. The van der Waals surface area contributed by atoms with Crippen molar-refractivity contribution >= 4 is 0 Å². The summed E-state index contributed by atoms with van der Waals surface area (Å²) in [5.41, 5.74) is 1.33. The van der Waals surface area contributed by atoms with Crippen molar-refractivity contribution in [3.8, 4) is 6.07 Å². The van der Waals surface area contributed by atoms with E-state index in [-0.39, 0.29) is 0 Å². The molecular weight excluding hydrogens is 220 g/mol. The predicted octanol–water partition coefficient (Wildman–Crippen LogP) is 4.51. The fraction of sp³-hybridized carbons (Fsp3) is 0.625. The van der Waals surface area contributed by atoms with Gasteiger partial charge in [0.1, 0.15) is 0 Å². The number of aryl methyl sites for hydroxylation is 1. The van der Waals surface area contributed by atoms with E-state index >= 15 is 0 Å². The van der Waals surface area contributed by atoms with Gasteiger partial charge in [-0.25, -0.2) is 0 Å². The molecule has 0 amide bonds. The lowest BCUT2D eigenvalue weighted by Crippen LogP contribution is -2.01. The van der Waals surface area contributed by atoms with Crippen LogP contribution in [-0.2, 0) is 6.42 Å². The minimum Gasteiger partial charge on any atom is -0.264 e. The SMILES string of the molecule is CCCCC(CCC#N)CCCc1cccnc1. The molecule has 0 aromatic carbocycles. The first kappa shape index (κ1) is 14.7. The van der Waals surface area contributed by atoms with Crippen molar-refractivity contribution in [2.45, 2.75) is 58.3 Å². The Bertz CT molecular complexity index is 340. The Labute approximate surface area is 111 Å². The van der Waals surface area contributed by atoms with Crippen LogP contribution in [0.4, 0.5) is 0 Å². The predicted molar refractivity (Wildman–Crippen MR) is 75.0 cm³/mol. The Balaban J connectivity index is 2.25. The number of nitrogens with zero attached hydrogens (tertiary/aromatic N) is 2. The topological polar surface area (TPSA) is 36.7 Å². The van der Waals surface area contributed by atoms with Gasteiger partial charge in [0.2, 0.25) is 0 Å². The molecule has 1 atom stereocenters. The molecule has 0 fully saturated rings. The van der Waals surface area contributed by atoms with Crippen LogP contribution >= 0.6 is 0 Å². The standard InChI is InChI=1S/C16H24N2/c1-2-3-7-15(10-5-12-17)8-4-9-16-11-6-13-18-14-16/h6,11,13-15H,2-5,7-10H2,1H3. The van der Waals surface area contributed by atoms with Crippen LogP contribution in [0.3, 0.4) is 0 Å². The van der Waals surface area contributed by atoms with E-state index in [2.05, 4.69) is 24.0 Å². The largest absolute Gasteiger partial charge is 0.264 e. The summed E-state index contributed by atoms with van der Waals surface area (Å²) in [4.78, 5) is 4.14. The van der Waals surface area contributed by atoms with E-state index in [1.165, 1.54) is 37.7 Å². The molecule has 18 heavy (non-hydrogen) atoms. The van der Waals surface area contributed by atoms with Gasteiger partial charge in [-0.2, -0.15) is 5.26 Å². The molecule has 0 aliphatic heterocycles. The molecule has 0 saturated heterocycles. The third-order valence-corrected chi connectivity index (χ3v) is 3.43. The van der Waals surface area contributed by atoms with Crippen molar-refractivity contribution in [1.29, 1.82) is 5.26 Å². The maximum atomic E-state index is 8.69. The normalized spacial score (nSPS) is 12.0. The summed E-state index contributed by atoms with van der Waals surface area (Å²) in [5, 5.41) is 8.69. The van der Waals surface area contributed by atoms with Gasteiger partial charge in [-0.3, -0.25) is 4.98 Å². The molecule has 98 valence electrons. The zero-order chi connectivity index (χ0) is 13.1. The minimum absolute atomic E-state index is 0.710. The van der Waals surface area contributed by atoms with Gasteiger partial charge in [0.05, 0.1) is 6.07 Å². The van der Waals surface area contributed by atoms with Gasteiger partial charge in [0, 0.05) is 18.8 Å². The molecule has 1 unspecified atom stereocenters. The van der Waals surface area contributed by atoms with E-state index in [1.807, 2.05) is 18.5 Å². The average molecular weight is 244 g/mol. The fourth-order valence-corrected chi connectivity index (χ4v) is 2.34. The van der Waals surface area contributed by atoms with E-state index in [1.54, 1.807) is 0 Å². The number of unbranched alkanes of at least 4 members (excludes halogenated alkanes) is 1. The van der Waals surface area contributed by atoms with E-state index in [0.29, 0.717) is 6.42 Å². The van der Waals surface area contributed by atoms with Gasteiger partial charge in [-0.15, -0.1) is 0 Å². The first-order valence-electron chi connectivity index (χ1n) is 7.12. The number of pyridine rings is 1. The van der Waals surface area contributed by atoms with Crippen LogP contribution in [0.2, 0.25) is 0 Å². The van der Waals surface area contributed by atoms with Crippen LogP contribution in [-0.4, -0.2) is 4.98 Å². The molecule has 0 radical (unpaired) electrons. The van der Waals surface area contributed by atoms with Crippen molar-refractivity contribution in [3.05, 3.63) is 30.1 Å². The maximum absolute atomic E-state index is 8.69. The van der Waals surface area contributed by atoms with Gasteiger partial charge in [-0.05, 0) is 36.8 Å². The highest BCUT2D eigenvalue weighted by Gasteiger charge is 2.08. The third-order valence-electron chi connectivity index (χ3n) is 3.43. The smallest absolute Gasteiger partial charge is 0.0621 e. The first-order chi connectivity index (χ1) is 8.86. The second-order valence-corrected chi connectivity index (χ2v) is 4.96. The molecule has 0 aliphatic rings. The lowest BCUT2D eigenvalue weighted by molar-refractivity contribution is 0.399. The highest BCUT2D eigenvalue weighted by molar-refractivity contribution is 5.08. The van der Waals surface area contributed by atoms with E-state index in [0.717, 1.165) is 18.8 Å². The molecule has 2 heteroatoms. The van der Waals surface area contributed by atoms with Crippen molar-refractivity contribution in [3.63, 3.8) is 0 Å². The van der Waals surface area contributed by atoms with Crippen LogP contribution in [0.15, 0.2) is 24.5 Å². The summed E-state index contributed by atoms with van der Waals surface area (Å²) < 4.78 is 0. The lowest BCUT2D eigenvalue weighted by Gasteiger charge is -2.14. The molecule has 1 heterocycles. The van der Waals surface area contributed by atoms with E-state index < -0.39 is 0 Å². The zero-order valence-corrected chi connectivity index (χ0v) is 11.4. The molecule has 0 spiro atoms. The van der Waals surface area contributed by atoms with E-state index in [4.69, 9.17) is 5.26 Å². The third kappa shape index (κ3) is 6.39. The van der Waals surface area contributed by atoms with Crippen molar-refractivity contribution in [1.82, 2.24) is 4.98 Å². The van der Waals surface area contributed by atoms with Gasteiger partial charge < -0.3 is 0 Å². The quantitative estimate of drug-likeness (QED) is 0.640. The molecule has 0 saturated carbocycles. The van der Waals surface area contributed by atoms with E-state index in [9.17, 15) is 0 Å². The van der Waals surface area contributed by atoms with Crippen LogP contribution < -0.4 is 0 Å². The van der Waals surface area contributed by atoms with Gasteiger partial charge in [-0.1, -0.05) is 38.7 Å². The number of hydrogen-bond acceptors (Lipinski definition) is 2. The number of aromatic nitrogens is 1. The van der Waals surface area contributed by atoms with Crippen molar-refractivity contribution in [2.24, 2.45) is 5.92 Å². The van der Waals surface area contributed by atoms with Crippen LogP contribution in [0.1, 0.15) is 57.4 Å². The van der Waals surface area contributed by atoms with Gasteiger partial charge in [0.15, 0.2) is 0 Å². The summed E-state index contributed by atoms with van der Waals surface area (Å²) in [6.07, 6.45) is 13.0. The summed E-state index contributed by atoms with van der Waals surface area (Å²) >= 11 is 0. The lowest BCUT2D eigenvalue weighted by atomic mass is 9.91. The molecule has 1 aromatic heterocycles. The summed E-state index contributed by atoms with van der Waals surface area (Å²) in [6.45, 7) is 2.23. The van der Waals surface area contributed by atoms with Crippen molar-refractivity contribution in [2.75, 3.05) is 0 Å². The molecule has 0 aliphatic carbocycles. The van der Waals surface area contributed by atoms with Crippen LogP contribution in [0.25, 0.3) is 0 Å². The highest BCUT2D eigenvalue weighted by atomic mass is 14.6. The summed E-state index contributed by atoms with van der Waals surface area (Å²) in [6, 6.07) is 6.41. The van der Waals surface area contributed by atoms with Crippen molar-refractivity contribution < 1.29 is 0 Å².